The molecule has 1 N–H and O–H groups in total. The zero-order chi connectivity index (χ0) is 16.8. The molecular weight excluding hydrogens is 320 g/mol. The fourth-order valence-corrected chi connectivity index (χ4v) is 3.20. The van der Waals surface area contributed by atoms with Gasteiger partial charge in [-0.3, -0.25) is 4.79 Å². The van der Waals surface area contributed by atoms with Gasteiger partial charge in [-0.25, -0.2) is 4.98 Å². The number of anilines is 1. The predicted octanol–water partition coefficient (Wildman–Crippen LogP) is 3.79. The third-order valence-electron chi connectivity index (χ3n) is 3.96. The lowest BCUT2D eigenvalue weighted by molar-refractivity contribution is -0.140. The molecule has 0 radical (unpaired) electrons. The highest BCUT2D eigenvalue weighted by Gasteiger charge is 2.21. The van der Waals surface area contributed by atoms with Crippen molar-refractivity contribution >= 4 is 23.0 Å². The number of nitrogens with one attached hydrogen (secondary N) is 1. The van der Waals surface area contributed by atoms with Crippen LogP contribution >= 0.6 is 11.3 Å². The average molecular weight is 340 g/mol. The summed E-state index contributed by atoms with van der Waals surface area (Å²) in [5.74, 6) is 6.66. The lowest BCUT2D eigenvalue weighted by atomic mass is 9.83. The summed E-state index contributed by atoms with van der Waals surface area (Å²) in [5, 5.41) is 6.04. The first-order valence-electron chi connectivity index (χ1n) is 8.21. The largest absolute Gasteiger partial charge is 0.465 e. The molecule has 0 aliphatic heterocycles. The number of hydrogen-bond acceptors (Lipinski definition) is 5. The molecule has 0 saturated heterocycles. The second-order valence-corrected chi connectivity index (χ2v) is 6.55. The number of ether oxygens (including phenoxy) is 1. The minimum Gasteiger partial charge on any atom is -0.465 e. The summed E-state index contributed by atoms with van der Waals surface area (Å²) in [7, 11) is 0. The van der Waals surface area contributed by atoms with Crippen LogP contribution in [0.2, 0.25) is 0 Å². The molecule has 3 rings (SSSR count). The summed E-state index contributed by atoms with van der Waals surface area (Å²) in [6, 6.07) is 7.69. The van der Waals surface area contributed by atoms with E-state index < -0.39 is 0 Å². The number of carbonyl (C=O) groups is 1. The highest BCUT2D eigenvalue weighted by molar-refractivity contribution is 7.10. The van der Waals surface area contributed by atoms with Crippen molar-refractivity contribution in [2.24, 2.45) is 0 Å². The number of benzene rings is 1. The summed E-state index contributed by atoms with van der Waals surface area (Å²) >= 11 is 1.61. The third kappa shape index (κ3) is 4.36. The molecule has 0 bridgehead atoms. The van der Waals surface area contributed by atoms with Crippen molar-refractivity contribution in [3.8, 4) is 11.8 Å². The number of thiazole rings is 1. The van der Waals surface area contributed by atoms with Crippen molar-refractivity contribution in [3.05, 3.63) is 45.9 Å². The van der Waals surface area contributed by atoms with E-state index in [-0.39, 0.29) is 12.5 Å². The Kier molecular flexibility index (Phi) is 5.50. The molecule has 0 atom stereocenters. The monoisotopic (exact) mass is 340 g/mol. The van der Waals surface area contributed by atoms with E-state index >= 15 is 0 Å². The molecule has 124 valence electrons. The van der Waals surface area contributed by atoms with Crippen LogP contribution in [-0.4, -0.2) is 24.1 Å². The molecule has 4 nitrogen and oxygen atoms in total. The molecular formula is C19H20N2O2S. The van der Waals surface area contributed by atoms with Gasteiger partial charge in [-0.2, -0.15) is 0 Å². The van der Waals surface area contributed by atoms with E-state index in [4.69, 9.17) is 4.74 Å². The van der Waals surface area contributed by atoms with Crippen LogP contribution in [0.4, 0.5) is 5.69 Å². The van der Waals surface area contributed by atoms with Gasteiger partial charge in [0.2, 0.25) is 0 Å². The minimum absolute atomic E-state index is 0.155. The topological polar surface area (TPSA) is 51.2 Å². The Morgan fingerprint density at radius 1 is 1.42 bits per heavy atom. The molecule has 1 heterocycles. The van der Waals surface area contributed by atoms with Gasteiger partial charge >= 0.3 is 5.97 Å². The fraction of sp³-hybridized carbons (Fsp3) is 0.368. The van der Waals surface area contributed by atoms with E-state index in [1.165, 1.54) is 25.0 Å². The maximum Gasteiger partial charge on any atom is 0.325 e. The molecule has 1 saturated carbocycles. The Labute approximate surface area is 146 Å². The smallest absolute Gasteiger partial charge is 0.325 e. The molecule has 2 aromatic rings. The average Bonchev–Trinajstić information content (AvgIpc) is 2.98. The molecule has 0 amide bonds. The van der Waals surface area contributed by atoms with Gasteiger partial charge in [0.05, 0.1) is 12.3 Å². The predicted molar refractivity (Wildman–Crippen MR) is 96.3 cm³/mol. The van der Waals surface area contributed by atoms with Crippen molar-refractivity contribution in [2.75, 3.05) is 18.5 Å². The summed E-state index contributed by atoms with van der Waals surface area (Å²) in [5.41, 5.74) is 2.94. The maximum absolute atomic E-state index is 11.4. The summed E-state index contributed by atoms with van der Waals surface area (Å²) in [6.07, 6.45) is 3.82. The Bertz CT molecular complexity index is 769. The van der Waals surface area contributed by atoms with Crippen LogP contribution in [0.5, 0.6) is 0 Å². The first-order valence-corrected chi connectivity index (χ1v) is 9.09. The Morgan fingerprint density at radius 3 is 3.04 bits per heavy atom. The first-order chi connectivity index (χ1) is 11.7. The minimum atomic E-state index is -0.264. The molecule has 5 heteroatoms. The van der Waals surface area contributed by atoms with Crippen LogP contribution in [-0.2, 0) is 9.53 Å². The van der Waals surface area contributed by atoms with E-state index in [0.29, 0.717) is 12.5 Å². The van der Waals surface area contributed by atoms with Crippen LogP contribution in [0, 0.1) is 11.8 Å². The van der Waals surface area contributed by atoms with Gasteiger partial charge in [-0.1, -0.05) is 18.4 Å². The van der Waals surface area contributed by atoms with Crippen LogP contribution in [0.25, 0.3) is 0 Å². The first kappa shape index (κ1) is 16.5. The van der Waals surface area contributed by atoms with Crippen molar-refractivity contribution in [3.63, 3.8) is 0 Å². The molecule has 0 spiro atoms. The van der Waals surface area contributed by atoms with E-state index in [9.17, 15) is 4.79 Å². The number of rotatable bonds is 5. The van der Waals surface area contributed by atoms with Gasteiger partial charge in [0, 0.05) is 22.5 Å². The van der Waals surface area contributed by atoms with Crippen molar-refractivity contribution in [1.29, 1.82) is 0 Å². The van der Waals surface area contributed by atoms with Crippen molar-refractivity contribution in [2.45, 2.75) is 32.1 Å². The molecule has 1 fully saturated rings. The normalized spacial score (nSPS) is 13.5. The standard InChI is InChI=1S/C19H20N2O2S/c1-2-23-19(22)12-20-16-8-3-5-14(11-16)9-10-18-21-17(13-24-18)15-6-4-7-15/h3,5,8,11,13,15,20H,2,4,6-7,12H2,1H3. The van der Waals surface area contributed by atoms with E-state index in [0.717, 1.165) is 16.3 Å². The number of aromatic nitrogens is 1. The number of hydrogen-bond donors (Lipinski definition) is 1. The van der Waals surface area contributed by atoms with Crippen molar-refractivity contribution in [1.82, 2.24) is 4.98 Å². The van der Waals surface area contributed by atoms with Crippen LogP contribution in [0.15, 0.2) is 29.6 Å². The molecule has 24 heavy (non-hydrogen) atoms. The van der Waals surface area contributed by atoms with Gasteiger partial charge in [0.25, 0.3) is 0 Å². The Morgan fingerprint density at radius 2 is 2.29 bits per heavy atom. The summed E-state index contributed by atoms with van der Waals surface area (Å²) in [6.45, 7) is 2.34. The van der Waals surface area contributed by atoms with E-state index in [1.807, 2.05) is 24.3 Å². The van der Waals surface area contributed by atoms with E-state index in [1.54, 1.807) is 18.3 Å². The molecule has 1 aliphatic rings. The molecule has 1 aromatic carbocycles. The number of carbonyl (C=O) groups excluding carboxylic acids is 1. The lowest BCUT2D eigenvalue weighted by Crippen LogP contribution is -2.16. The molecule has 0 unspecified atom stereocenters. The SMILES string of the molecule is CCOC(=O)CNc1cccc(C#Cc2nc(C3CCC3)cs2)c1. The highest BCUT2D eigenvalue weighted by Crippen LogP contribution is 2.36. The highest BCUT2D eigenvalue weighted by atomic mass is 32.1. The Balaban J connectivity index is 1.62. The van der Waals surface area contributed by atoms with Gasteiger partial charge in [0.15, 0.2) is 5.01 Å². The van der Waals surface area contributed by atoms with Crippen LogP contribution < -0.4 is 5.32 Å². The van der Waals surface area contributed by atoms with Crippen molar-refractivity contribution < 1.29 is 9.53 Å². The summed E-state index contributed by atoms with van der Waals surface area (Å²) in [4.78, 5) is 16.0. The number of esters is 1. The second-order valence-electron chi connectivity index (χ2n) is 5.69. The molecule has 1 aliphatic carbocycles. The molecule has 1 aromatic heterocycles. The van der Waals surface area contributed by atoms with Gasteiger partial charge in [-0.05, 0) is 43.9 Å². The van der Waals surface area contributed by atoms with Crippen LogP contribution in [0.3, 0.4) is 0 Å². The quantitative estimate of drug-likeness (QED) is 0.665. The second kappa shape index (κ2) is 7.98. The maximum atomic E-state index is 11.4. The number of nitrogens with zero attached hydrogens (tertiary/aromatic N) is 1. The zero-order valence-electron chi connectivity index (χ0n) is 13.7. The van der Waals surface area contributed by atoms with Crippen LogP contribution in [0.1, 0.15) is 48.4 Å². The third-order valence-corrected chi connectivity index (χ3v) is 4.74. The van der Waals surface area contributed by atoms with E-state index in [2.05, 4.69) is 27.5 Å². The Hall–Kier alpha value is -2.32. The van der Waals surface area contributed by atoms with Gasteiger partial charge < -0.3 is 10.1 Å². The van der Waals surface area contributed by atoms with Gasteiger partial charge in [0.1, 0.15) is 6.54 Å². The fourth-order valence-electron chi connectivity index (χ4n) is 2.45. The zero-order valence-corrected chi connectivity index (χ0v) is 14.5. The van der Waals surface area contributed by atoms with Gasteiger partial charge in [-0.15, -0.1) is 11.3 Å². The summed E-state index contributed by atoms with van der Waals surface area (Å²) < 4.78 is 4.90. The lowest BCUT2D eigenvalue weighted by Gasteiger charge is -2.22.